The van der Waals surface area contributed by atoms with Crippen LogP contribution in [0.4, 0.5) is 0 Å². The number of carbonyl (C=O) groups is 1. The quantitative estimate of drug-likeness (QED) is 0.771. The average Bonchev–Trinajstić information content (AvgIpc) is 2.37. The predicted molar refractivity (Wildman–Crippen MR) is 56.8 cm³/mol. The van der Waals surface area contributed by atoms with Crippen molar-refractivity contribution in [3.8, 4) is 5.75 Å². The Morgan fingerprint density at radius 2 is 2.12 bits per heavy atom. The summed E-state index contributed by atoms with van der Waals surface area (Å²) in [5.41, 5.74) is 5.22. The lowest BCUT2D eigenvalue weighted by Crippen LogP contribution is -2.12. The first-order chi connectivity index (χ1) is 7.50. The van der Waals surface area contributed by atoms with E-state index in [9.17, 15) is 13.2 Å². The lowest BCUT2D eigenvalue weighted by molar-refractivity contribution is 0.1000. The molecule has 1 aromatic rings. The zero-order valence-electron chi connectivity index (χ0n) is 8.21. The highest BCUT2D eigenvalue weighted by molar-refractivity contribution is 7.94. The number of nitrogens with two attached hydrogens (primary N) is 1. The first-order valence-corrected chi connectivity index (χ1v) is 6.03. The van der Waals surface area contributed by atoms with Gasteiger partial charge in [-0.15, -0.1) is 0 Å². The Kier molecular flexibility index (Phi) is 2.43. The number of ether oxygens (including phenoxy) is 1. The molecule has 0 spiro atoms. The van der Waals surface area contributed by atoms with Crippen molar-refractivity contribution in [2.75, 3.05) is 6.61 Å². The van der Waals surface area contributed by atoms with Crippen molar-refractivity contribution in [2.45, 2.75) is 4.90 Å². The lowest BCUT2D eigenvalue weighted by atomic mass is 10.2. The van der Waals surface area contributed by atoms with Gasteiger partial charge in [0.1, 0.15) is 17.3 Å². The molecule has 1 amide bonds. The van der Waals surface area contributed by atoms with E-state index in [0.717, 1.165) is 5.41 Å². The number of primary amides is 1. The van der Waals surface area contributed by atoms with Crippen molar-refractivity contribution >= 4 is 15.7 Å². The van der Waals surface area contributed by atoms with Gasteiger partial charge in [-0.05, 0) is 24.3 Å². The highest BCUT2D eigenvalue weighted by Crippen LogP contribution is 2.28. The Morgan fingerprint density at radius 3 is 2.81 bits per heavy atom. The number of hydrogen-bond acceptors (Lipinski definition) is 4. The van der Waals surface area contributed by atoms with Gasteiger partial charge in [-0.1, -0.05) is 0 Å². The van der Waals surface area contributed by atoms with E-state index in [2.05, 4.69) is 0 Å². The molecule has 0 fully saturated rings. The zero-order valence-corrected chi connectivity index (χ0v) is 9.03. The Labute approximate surface area is 92.4 Å². The van der Waals surface area contributed by atoms with E-state index in [4.69, 9.17) is 10.5 Å². The normalized spacial score (nSPS) is 17.0. The van der Waals surface area contributed by atoms with E-state index < -0.39 is 15.7 Å². The number of amides is 1. The van der Waals surface area contributed by atoms with Crippen molar-refractivity contribution < 1.29 is 17.9 Å². The largest absolute Gasteiger partial charge is 0.488 e. The van der Waals surface area contributed by atoms with Gasteiger partial charge in [0, 0.05) is 11.0 Å². The van der Waals surface area contributed by atoms with E-state index in [0.29, 0.717) is 0 Å². The number of sulfone groups is 1. The standard InChI is InChI=1S/C10H9NO4S/c11-10(12)7-2-3-8-9(6-7)16(13,14)5-1-4-15-8/h1-3,5-6H,4H2,(H2,11,12). The summed E-state index contributed by atoms with van der Waals surface area (Å²) in [6.45, 7) is 0.183. The fourth-order valence-corrected chi connectivity index (χ4v) is 2.56. The van der Waals surface area contributed by atoms with Crippen molar-refractivity contribution in [2.24, 2.45) is 5.73 Å². The van der Waals surface area contributed by atoms with Crippen LogP contribution in [0.25, 0.3) is 0 Å². The fraction of sp³-hybridized carbons (Fsp3) is 0.100. The van der Waals surface area contributed by atoms with E-state index >= 15 is 0 Å². The molecular formula is C10H9NO4S. The Hall–Kier alpha value is -1.82. The molecule has 0 atom stereocenters. The number of fused-ring (bicyclic) bond motifs is 1. The lowest BCUT2D eigenvalue weighted by Gasteiger charge is -2.07. The SMILES string of the molecule is NC(=O)c1ccc2c(c1)S(=O)(=O)C=CCO2. The van der Waals surface area contributed by atoms with Crippen molar-refractivity contribution in [1.29, 1.82) is 0 Å². The second-order valence-corrected chi connectivity index (χ2v) is 5.06. The van der Waals surface area contributed by atoms with Gasteiger partial charge in [-0.25, -0.2) is 8.42 Å². The van der Waals surface area contributed by atoms with E-state index in [1.54, 1.807) is 0 Å². The maximum Gasteiger partial charge on any atom is 0.248 e. The first-order valence-electron chi connectivity index (χ1n) is 4.49. The molecule has 6 heteroatoms. The van der Waals surface area contributed by atoms with Gasteiger partial charge in [0.2, 0.25) is 15.7 Å². The summed E-state index contributed by atoms with van der Waals surface area (Å²) in [7, 11) is -3.55. The van der Waals surface area contributed by atoms with Crippen LogP contribution in [0.2, 0.25) is 0 Å². The van der Waals surface area contributed by atoms with Gasteiger partial charge in [-0.2, -0.15) is 0 Å². The third-order valence-electron chi connectivity index (χ3n) is 2.15. The molecule has 0 unspecified atom stereocenters. The number of rotatable bonds is 1. The number of carbonyl (C=O) groups excluding carboxylic acids is 1. The molecule has 0 saturated heterocycles. The minimum absolute atomic E-state index is 0.0300. The van der Waals surface area contributed by atoms with Gasteiger partial charge >= 0.3 is 0 Å². The molecule has 0 bridgehead atoms. The van der Waals surface area contributed by atoms with Crippen molar-refractivity contribution in [3.05, 3.63) is 35.2 Å². The van der Waals surface area contributed by atoms with Gasteiger partial charge in [-0.3, -0.25) is 4.79 Å². The third kappa shape index (κ3) is 1.79. The summed E-state index contributed by atoms with van der Waals surface area (Å²) < 4.78 is 28.7. The fourth-order valence-electron chi connectivity index (χ4n) is 1.38. The first kappa shape index (κ1) is 10.7. The second kappa shape index (κ2) is 3.64. The smallest absolute Gasteiger partial charge is 0.248 e. The minimum atomic E-state index is -3.55. The average molecular weight is 239 g/mol. The summed E-state index contributed by atoms with van der Waals surface area (Å²) in [6, 6.07) is 4.09. The molecule has 1 aliphatic heterocycles. The van der Waals surface area contributed by atoms with Gasteiger partial charge in [0.25, 0.3) is 0 Å². The van der Waals surface area contributed by atoms with E-state index in [1.807, 2.05) is 0 Å². The third-order valence-corrected chi connectivity index (χ3v) is 3.63. The van der Waals surface area contributed by atoms with Crippen LogP contribution in [0.1, 0.15) is 10.4 Å². The van der Waals surface area contributed by atoms with Crippen LogP contribution in [-0.2, 0) is 9.84 Å². The number of hydrogen-bond donors (Lipinski definition) is 1. The molecule has 1 aliphatic rings. The maximum absolute atomic E-state index is 11.7. The molecule has 1 aromatic carbocycles. The number of benzene rings is 1. The molecule has 2 N–H and O–H groups in total. The second-order valence-electron chi connectivity index (χ2n) is 3.25. The summed E-state index contributed by atoms with van der Waals surface area (Å²) in [6.07, 6.45) is 1.40. The minimum Gasteiger partial charge on any atom is -0.488 e. The Bertz CT molecular complexity index is 574. The molecule has 0 radical (unpaired) electrons. The van der Waals surface area contributed by atoms with Crippen LogP contribution < -0.4 is 10.5 Å². The molecular weight excluding hydrogens is 230 g/mol. The molecule has 0 aromatic heterocycles. The van der Waals surface area contributed by atoms with Crippen LogP contribution >= 0.6 is 0 Å². The molecule has 16 heavy (non-hydrogen) atoms. The van der Waals surface area contributed by atoms with Crippen LogP contribution in [0.15, 0.2) is 34.6 Å². The maximum atomic E-state index is 11.7. The molecule has 0 aliphatic carbocycles. The van der Waals surface area contributed by atoms with Gasteiger partial charge in [0.15, 0.2) is 0 Å². The summed E-state index contributed by atoms with van der Waals surface area (Å²) in [5, 5.41) is 1.06. The van der Waals surface area contributed by atoms with E-state index in [-0.39, 0.29) is 22.8 Å². The summed E-state index contributed by atoms with van der Waals surface area (Å²) >= 11 is 0. The molecule has 0 saturated carbocycles. The highest BCUT2D eigenvalue weighted by Gasteiger charge is 2.20. The van der Waals surface area contributed by atoms with Gasteiger partial charge in [0.05, 0.1) is 0 Å². The summed E-state index contributed by atoms with van der Waals surface area (Å²) in [4.78, 5) is 10.9. The van der Waals surface area contributed by atoms with Crippen molar-refractivity contribution in [3.63, 3.8) is 0 Å². The predicted octanol–water partition coefficient (Wildman–Crippen LogP) is 0.465. The van der Waals surface area contributed by atoms with Crippen LogP contribution in [0.5, 0.6) is 5.75 Å². The molecule has 2 rings (SSSR count). The monoisotopic (exact) mass is 239 g/mol. The van der Waals surface area contributed by atoms with Crippen molar-refractivity contribution in [1.82, 2.24) is 0 Å². The molecule has 84 valence electrons. The van der Waals surface area contributed by atoms with Gasteiger partial charge < -0.3 is 10.5 Å². The Morgan fingerprint density at radius 1 is 1.38 bits per heavy atom. The molecule has 5 nitrogen and oxygen atoms in total. The summed E-state index contributed by atoms with van der Waals surface area (Å²) in [5.74, 6) is -0.443. The highest BCUT2D eigenvalue weighted by atomic mass is 32.2. The Balaban J connectivity index is 2.68. The van der Waals surface area contributed by atoms with E-state index in [1.165, 1.54) is 24.3 Å². The van der Waals surface area contributed by atoms with Crippen LogP contribution in [0.3, 0.4) is 0 Å². The van der Waals surface area contributed by atoms with Crippen LogP contribution in [-0.4, -0.2) is 20.9 Å². The zero-order chi connectivity index (χ0) is 11.8. The topological polar surface area (TPSA) is 86.5 Å². The van der Waals surface area contributed by atoms with Crippen LogP contribution in [0, 0.1) is 0 Å². The molecule has 1 heterocycles.